The topological polar surface area (TPSA) is 69.7 Å². The third-order valence-electron chi connectivity index (χ3n) is 5.29. The average molecular weight is 420 g/mol. The van der Waals surface area contributed by atoms with E-state index in [1.807, 2.05) is 49.1 Å². The zero-order valence-electron chi connectivity index (χ0n) is 16.6. The molecule has 2 aromatic carbocycles. The van der Waals surface area contributed by atoms with Crippen molar-refractivity contribution in [1.82, 2.24) is 14.5 Å². The van der Waals surface area contributed by atoms with Crippen LogP contribution < -0.4 is 5.32 Å². The fourth-order valence-electron chi connectivity index (χ4n) is 3.43. The van der Waals surface area contributed by atoms with Gasteiger partial charge in [-0.05, 0) is 37.6 Å². The average Bonchev–Trinajstić information content (AvgIpc) is 2.74. The van der Waals surface area contributed by atoms with Gasteiger partial charge in [0, 0.05) is 26.2 Å². The molecule has 0 bridgehead atoms. The first-order chi connectivity index (χ1) is 13.8. The van der Waals surface area contributed by atoms with Crippen LogP contribution in [0.3, 0.4) is 0 Å². The standard InChI is InChI=1S/C21H26FN3O3S/c1-16(18-7-4-3-5-8-18)23-21(26)17(2)24-11-13-25(14-12-24)29(27,28)20-10-6-9-19(22)15-20/h3-10,15-17H,11-14H2,1-2H3,(H,23,26). The van der Waals surface area contributed by atoms with Crippen LogP contribution in [0.4, 0.5) is 4.39 Å². The molecular weight excluding hydrogens is 393 g/mol. The summed E-state index contributed by atoms with van der Waals surface area (Å²) in [4.78, 5) is 14.6. The second-order valence-corrected chi connectivity index (χ2v) is 9.15. The van der Waals surface area contributed by atoms with Crippen molar-refractivity contribution in [3.8, 4) is 0 Å². The molecule has 1 heterocycles. The zero-order chi connectivity index (χ0) is 21.0. The lowest BCUT2D eigenvalue weighted by atomic mass is 10.1. The number of carbonyl (C=O) groups excluding carboxylic acids is 1. The summed E-state index contributed by atoms with van der Waals surface area (Å²) >= 11 is 0. The van der Waals surface area contributed by atoms with E-state index in [0.29, 0.717) is 13.1 Å². The van der Waals surface area contributed by atoms with Crippen LogP contribution in [-0.2, 0) is 14.8 Å². The predicted octanol–water partition coefficient (Wildman–Crippen LogP) is 2.40. The van der Waals surface area contributed by atoms with E-state index >= 15 is 0 Å². The molecule has 0 spiro atoms. The first kappa shape index (κ1) is 21.4. The third kappa shape index (κ3) is 5.01. The van der Waals surface area contributed by atoms with Gasteiger partial charge in [0.2, 0.25) is 15.9 Å². The number of hydrogen-bond acceptors (Lipinski definition) is 4. The fourth-order valence-corrected chi connectivity index (χ4v) is 4.89. The highest BCUT2D eigenvalue weighted by molar-refractivity contribution is 7.89. The Morgan fingerprint density at radius 1 is 1.00 bits per heavy atom. The first-order valence-corrected chi connectivity index (χ1v) is 11.1. The fraction of sp³-hybridized carbons (Fsp3) is 0.381. The molecule has 2 aromatic rings. The Morgan fingerprint density at radius 2 is 1.66 bits per heavy atom. The summed E-state index contributed by atoms with van der Waals surface area (Å²) in [7, 11) is -3.74. The molecule has 6 nitrogen and oxygen atoms in total. The first-order valence-electron chi connectivity index (χ1n) is 9.64. The van der Waals surface area contributed by atoms with E-state index in [0.717, 1.165) is 11.6 Å². The maximum absolute atomic E-state index is 13.4. The molecule has 1 aliphatic rings. The van der Waals surface area contributed by atoms with Crippen molar-refractivity contribution in [3.05, 3.63) is 66.0 Å². The van der Waals surface area contributed by atoms with Crippen LogP contribution in [0, 0.1) is 5.82 Å². The summed E-state index contributed by atoms with van der Waals surface area (Å²) in [6.45, 7) is 5.13. The van der Waals surface area contributed by atoms with Crippen LogP contribution in [0.5, 0.6) is 0 Å². The molecule has 1 saturated heterocycles. The van der Waals surface area contributed by atoms with Gasteiger partial charge < -0.3 is 5.32 Å². The van der Waals surface area contributed by atoms with Crippen molar-refractivity contribution < 1.29 is 17.6 Å². The molecular formula is C21H26FN3O3S. The van der Waals surface area contributed by atoms with Gasteiger partial charge in [-0.25, -0.2) is 12.8 Å². The van der Waals surface area contributed by atoms with E-state index in [1.54, 1.807) is 0 Å². The van der Waals surface area contributed by atoms with Crippen LogP contribution in [0.15, 0.2) is 59.5 Å². The summed E-state index contributed by atoms with van der Waals surface area (Å²) in [5.41, 5.74) is 1.03. The second kappa shape index (κ2) is 9.02. The second-order valence-electron chi connectivity index (χ2n) is 7.21. The molecule has 156 valence electrons. The van der Waals surface area contributed by atoms with E-state index in [4.69, 9.17) is 0 Å². The highest BCUT2D eigenvalue weighted by Crippen LogP contribution is 2.19. The number of carbonyl (C=O) groups is 1. The SMILES string of the molecule is CC(NC(=O)C(C)N1CCN(S(=O)(=O)c2cccc(F)c2)CC1)c1ccccc1. The number of benzene rings is 2. The monoisotopic (exact) mass is 419 g/mol. The summed E-state index contributed by atoms with van der Waals surface area (Å²) in [5.74, 6) is -0.676. The highest BCUT2D eigenvalue weighted by Gasteiger charge is 2.32. The lowest BCUT2D eigenvalue weighted by Crippen LogP contribution is -2.55. The molecule has 0 aliphatic carbocycles. The lowest BCUT2D eigenvalue weighted by molar-refractivity contribution is -0.127. The van der Waals surface area contributed by atoms with Crippen molar-refractivity contribution in [2.45, 2.75) is 30.8 Å². The van der Waals surface area contributed by atoms with E-state index in [1.165, 1.54) is 22.5 Å². The minimum atomic E-state index is -3.74. The molecule has 1 fully saturated rings. The van der Waals surface area contributed by atoms with Gasteiger partial charge in [0.15, 0.2) is 0 Å². The van der Waals surface area contributed by atoms with E-state index in [2.05, 4.69) is 5.32 Å². The van der Waals surface area contributed by atoms with Gasteiger partial charge in [-0.1, -0.05) is 36.4 Å². The number of hydrogen-bond donors (Lipinski definition) is 1. The molecule has 3 rings (SSSR count). The van der Waals surface area contributed by atoms with Gasteiger partial charge in [-0.2, -0.15) is 4.31 Å². The zero-order valence-corrected chi connectivity index (χ0v) is 17.4. The Labute approximate surface area is 171 Å². The molecule has 2 atom stereocenters. The van der Waals surface area contributed by atoms with Gasteiger partial charge in [0.1, 0.15) is 5.82 Å². The molecule has 0 radical (unpaired) electrons. The Bertz CT molecular complexity index is 945. The maximum Gasteiger partial charge on any atom is 0.243 e. The van der Waals surface area contributed by atoms with Crippen molar-refractivity contribution in [2.75, 3.05) is 26.2 Å². The van der Waals surface area contributed by atoms with Crippen LogP contribution >= 0.6 is 0 Å². The number of sulfonamides is 1. The number of rotatable bonds is 6. The molecule has 0 aromatic heterocycles. The Balaban J connectivity index is 1.57. The molecule has 1 amide bonds. The normalized spacial score (nSPS) is 18.2. The van der Waals surface area contributed by atoms with E-state index < -0.39 is 15.8 Å². The minimum Gasteiger partial charge on any atom is -0.348 e. The molecule has 8 heteroatoms. The highest BCUT2D eigenvalue weighted by atomic mass is 32.2. The van der Waals surface area contributed by atoms with Crippen LogP contribution in [-0.4, -0.2) is 55.8 Å². The van der Waals surface area contributed by atoms with Crippen LogP contribution in [0.1, 0.15) is 25.5 Å². The van der Waals surface area contributed by atoms with E-state index in [9.17, 15) is 17.6 Å². The summed E-state index contributed by atoms with van der Waals surface area (Å²) in [5, 5.41) is 3.01. The third-order valence-corrected chi connectivity index (χ3v) is 7.19. The van der Waals surface area contributed by atoms with E-state index in [-0.39, 0.29) is 36.0 Å². The smallest absolute Gasteiger partial charge is 0.243 e. The van der Waals surface area contributed by atoms with Crippen molar-refractivity contribution in [3.63, 3.8) is 0 Å². The van der Waals surface area contributed by atoms with Gasteiger partial charge in [-0.15, -0.1) is 0 Å². The predicted molar refractivity (Wildman–Crippen MR) is 109 cm³/mol. The van der Waals surface area contributed by atoms with Gasteiger partial charge in [0.05, 0.1) is 17.0 Å². The summed E-state index contributed by atoms with van der Waals surface area (Å²) < 4.78 is 40.2. The molecule has 0 saturated carbocycles. The number of amides is 1. The molecule has 1 aliphatic heterocycles. The molecule has 2 unspecified atom stereocenters. The van der Waals surface area contributed by atoms with Gasteiger partial charge >= 0.3 is 0 Å². The Hall–Kier alpha value is -2.29. The Kier molecular flexibility index (Phi) is 6.66. The number of nitrogens with zero attached hydrogens (tertiary/aromatic N) is 2. The largest absolute Gasteiger partial charge is 0.348 e. The maximum atomic E-state index is 13.4. The summed E-state index contributed by atoms with van der Waals surface area (Å²) in [6, 6.07) is 14.3. The van der Waals surface area contributed by atoms with Crippen LogP contribution in [0.2, 0.25) is 0 Å². The van der Waals surface area contributed by atoms with Crippen molar-refractivity contribution >= 4 is 15.9 Å². The minimum absolute atomic E-state index is 0.0478. The lowest BCUT2D eigenvalue weighted by Gasteiger charge is -2.37. The quantitative estimate of drug-likeness (QED) is 0.781. The van der Waals surface area contributed by atoms with Crippen molar-refractivity contribution in [1.29, 1.82) is 0 Å². The molecule has 1 N–H and O–H groups in total. The summed E-state index contributed by atoms with van der Waals surface area (Å²) in [6.07, 6.45) is 0. The van der Waals surface area contributed by atoms with Crippen LogP contribution in [0.25, 0.3) is 0 Å². The number of piperazine rings is 1. The molecule has 29 heavy (non-hydrogen) atoms. The Morgan fingerprint density at radius 3 is 2.28 bits per heavy atom. The van der Waals surface area contributed by atoms with Gasteiger partial charge in [0.25, 0.3) is 0 Å². The number of halogens is 1. The number of nitrogens with one attached hydrogen (secondary N) is 1. The van der Waals surface area contributed by atoms with Gasteiger partial charge in [-0.3, -0.25) is 9.69 Å². The van der Waals surface area contributed by atoms with Crippen molar-refractivity contribution in [2.24, 2.45) is 0 Å².